The van der Waals surface area contributed by atoms with Crippen molar-refractivity contribution in [1.82, 2.24) is 0 Å². The van der Waals surface area contributed by atoms with Gasteiger partial charge in [0.05, 0.1) is 16.1 Å². The highest BCUT2D eigenvalue weighted by Gasteiger charge is 2.32. The van der Waals surface area contributed by atoms with E-state index in [0.717, 1.165) is 41.4 Å². The Labute approximate surface area is 160 Å². The summed E-state index contributed by atoms with van der Waals surface area (Å²) in [7, 11) is -4.18. The van der Waals surface area contributed by atoms with Crippen LogP contribution in [0.1, 0.15) is 29.5 Å². The summed E-state index contributed by atoms with van der Waals surface area (Å²) in [5.74, 6) is 0.0609. The van der Waals surface area contributed by atoms with Crippen LogP contribution < -0.4 is 9.62 Å². The molecule has 0 aliphatic carbocycles. The van der Waals surface area contributed by atoms with Gasteiger partial charge in [0.25, 0.3) is 10.0 Å². The molecule has 2 aliphatic heterocycles. The predicted octanol–water partition coefficient (Wildman–Crippen LogP) is 3.73. The molecule has 2 aromatic carbocycles. The lowest BCUT2D eigenvalue weighted by molar-refractivity contribution is -0.137. The van der Waals surface area contributed by atoms with Gasteiger partial charge in [-0.15, -0.1) is 0 Å². The number of aryl methyl sites for hydroxylation is 2. The van der Waals surface area contributed by atoms with E-state index in [-0.39, 0.29) is 5.91 Å². The quantitative estimate of drug-likeness (QED) is 0.839. The molecule has 2 aromatic rings. The Morgan fingerprint density at radius 2 is 1.71 bits per heavy atom. The number of sulfonamides is 1. The lowest BCUT2D eigenvalue weighted by Crippen LogP contribution is -2.39. The SMILES string of the molecule is O=C1CCc2cc(NS(=O)(=O)c3cccc(C(F)(F)F)c3)cc3c2N1CCC3. The number of alkyl halides is 3. The third-order valence-corrected chi connectivity index (χ3v) is 6.38. The summed E-state index contributed by atoms with van der Waals surface area (Å²) < 4.78 is 66.4. The first kappa shape index (κ1) is 18.8. The average Bonchev–Trinajstić information content (AvgIpc) is 2.64. The summed E-state index contributed by atoms with van der Waals surface area (Å²) in [4.78, 5) is 13.4. The molecule has 148 valence electrons. The fourth-order valence-electron chi connectivity index (χ4n) is 3.77. The Kier molecular flexibility index (Phi) is 4.37. The van der Waals surface area contributed by atoms with Gasteiger partial charge in [0, 0.05) is 18.7 Å². The number of anilines is 2. The van der Waals surface area contributed by atoms with Crippen molar-refractivity contribution in [3.63, 3.8) is 0 Å². The number of carbonyl (C=O) groups excluding carboxylic acids is 1. The Hall–Kier alpha value is -2.55. The molecule has 0 atom stereocenters. The number of benzene rings is 2. The first-order chi connectivity index (χ1) is 13.1. The zero-order valence-electron chi connectivity index (χ0n) is 14.7. The van der Waals surface area contributed by atoms with Crippen LogP contribution in [-0.4, -0.2) is 20.9 Å². The summed E-state index contributed by atoms with van der Waals surface area (Å²) in [6.45, 7) is 0.647. The minimum Gasteiger partial charge on any atom is -0.312 e. The fraction of sp³-hybridized carbons (Fsp3) is 0.316. The maximum Gasteiger partial charge on any atom is 0.416 e. The van der Waals surface area contributed by atoms with E-state index in [9.17, 15) is 26.4 Å². The van der Waals surface area contributed by atoms with Crippen LogP contribution in [0.2, 0.25) is 0 Å². The summed E-state index contributed by atoms with van der Waals surface area (Å²) in [6, 6.07) is 6.96. The number of hydrogen-bond acceptors (Lipinski definition) is 3. The number of halogens is 3. The number of nitrogens with one attached hydrogen (secondary N) is 1. The minimum absolute atomic E-state index is 0.0609. The zero-order valence-corrected chi connectivity index (χ0v) is 15.5. The van der Waals surface area contributed by atoms with Crippen LogP contribution in [-0.2, 0) is 33.8 Å². The number of amides is 1. The van der Waals surface area contributed by atoms with E-state index in [4.69, 9.17) is 0 Å². The van der Waals surface area contributed by atoms with Gasteiger partial charge in [0.2, 0.25) is 5.91 Å². The van der Waals surface area contributed by atoms with Crippen molar-refractivity contribution < 1.29 is 26.4 Å². The molecule has 0 radical (unpaired) electrons. The van der Waals surface area contributed by atoms with Crippen LogP contribution in [0.5, 0.6) is 0 Å². The molecule has 2 aliphatic rings. The van der Waals surface area contributed by atoms with Crippen LogP contribution in [0, 0.1) is 0 Å². The van der Waals surface area contributed by atoms with Gasteiger partial charge in [0.1, 0.15) is 0 Å². The van der Waals surface area contributed by atoms with Crippen LogP contribution in [0.4, 0.5) is 24.5 Å². The maximum absolute atomic E-state index is 12.9. The molecule has 4 rings (SSSR count). The van der Waals surface area contributed by atoms with Gasteiger partial charge in [-0.05, 0) is 60.7 Å². The summed E-state index contributed by atoms with van der Waals surface area (Å²) in [5.41, 5.74) is 1.87. The van der Waals surface area contributed by atoms with Gasteiger partial charge in [-0.3, -0.25) is 9.52 Å². The average molecular weight is 410 g/mol. The standard InChI is InChI=1S/C19H17F3N2O3S/c20-19(21,22)14-4-1-5-16(11-14)28(26,27)23-15-9-12-3-2-8-24-17(25)7-6-13(10-15)18(12)24/h1,4-5,9-11,23H,2-3,6-8H2. The molecular weight excluding hydrogens is 393 g/mol. The number of nitrogens with zero attached hydrogens (tertiary/aromatic N) is 1. The van der Waals surface area contributed by atoms with Crippen molar-refractivity contribution in [2.75, 3.05) is 16.2 Å². The molecule has 5 nitrogen and oxygen atoms in total. The van der Waals surface area contributed by atoms with Gasteiger partial charge in [-0.2, -0.15) is 13.2 Å². The number of rotatable bonds is 3. The highest BCUT2D eigenvalue weighted by Crippen LogP contribution is 2.38. The highest BCUT2D eigenvalue weighted by atomic mass is 32.2. The topological polar surface area (TPSA) is 66.5 Å². The van der Waals surface area contributed by atoms with Gasteiger partial charge in [-0.25, -0.2) is 8.42 Å². The van der Waals surface area contributed by atoms with E-state index in [2.05, 4.69) is 4.72 Å². The summed E-state index contributed by atoms with van der Waals surface area (Å²) >= 11 is 0. The van der Waals surface area contributed by atoms with E-state index in [1.165, 1.54) is 0 Å². The maximum atomic E-state index is 12.9. The van der Waals surface area contributed by atoms with Crippen molar-refractivity contribution in [3.8, 4) is 0 Å². The van der Waals surface area contributed by atoms with Crippen LogP contribution in [0.15, 0.2) is 41.3 Å². The van der Waals surface area contributed by atoms with E-state index in [1.54, 1.807) is 17.0 Å². The molecule has 0 spiro atoms. The largest absolute Gasteiger partial charge is 0.416 e. The second-order valence-corrected chi connectivity index (χ2v) is 8.61. The van der Waals surface area contributed by atoms with Gasteiger partial charge in [0.15, 0.2) is 0 Å². The van der Waals surface area contributed by atoms with Crippen LogP contribution in [0.3, 0.4) is 0 Å². The monoisotopic (exact) mass is 410 g/mol. The summed E-state index contributed by atoms with van der Waals surface area (Å²) in [5, 5.41) is 0. The second kappa shape index (κ2) is 6.51. The fourth-order valence-corrected chi connectivity index (χ4v) is 4.85. The number of carbonyl (C=O) groups is 1. The van der Waals surface area contributed by atoms with Crippen molar-refractivity contribution in [1.29, 1.82) is 0 Å². The molecule has 1 amide bonds. The van der Waals surface area contributed by atoms with Crippen molar-refractivity contribution in [3.05, 3.63) is 53.1 Å². The lowest BCUT2D eigenvalue weighted by atomic mass is 9.91. The molecule has 0 fully saturated rings. The van der Waals surface area contributed by atoms with E-state index in [1.807, 2.05) is 0 Å². The molecular formula is C19H17F3N2O3S. The minimum atomic E-state index is -4.63. The van der Waals surface area contributed by atoms with Crippen molar-refractivity contribution >= 4 is 27.3 Å². The molecule has 0 aromatic heterocycles. The van der Waals surface area contributed by atoms with E-state index < -0.39 is 26.7 Å². The normalized spacial score (nSPS) is 16.7. The lowest BCUT2D eigenvalue weighted by Gasteiger charge is -2.35. The molecule has 2 heterocycles. The van der Waals surface area contributed by atoms with Gasteiger partial charge >= 0.3 is 6.18 Å². The Bertz CT molecular complexity index is 1050. The molecule has 0 unspecified atom stereocenters. The Morgan fingerprint density at radius 1 is 1.00 bits per heavy atom. The molecule has 0 saturated carbocycles. The van der Waals surface area contributed by atoms with Crippen LogP contribution >= 0.6 is 0 Å². The first-order valence-electron chi connectivity index (χ1n) is 8.81. The molecule has 9 heteroatoms. The Morgan fingerprint density at radius 3 is 2.43 bits per heavy atom. The first-order valence-corrected chi connectivity index (χ1v) is 10.3. The summed E-state index contributed by atoms with van der Waals surface area (Å²) in [6.07, 6.45) is -2.27. The van der Waals surface area contributed by atoms with Gasteiger partial charge < -0.3 is 4.90 Å². The van der Waals surface area contributed by atoms with Gasteiger partial charge in [-0.1, -0.05) is 6.07 Å². The third-order valence-electron chi connectivity index (χ3n) is 5.00. The zero-order chi connectivity index (χ0) is 20.1. The molecule has 1 N–H and O–H groups in total. The third kappa shape index (κ3) is 3.34. The smallest absolute Gasteiger partial charge is 0.312 e. The van der Waals surface area contributed by atoms with Crippen molar-refractivity contribution in [2.24, 2.45) is 0 Å². The van der Waals surface area contributed by atoms with E-state index in [0.29, 0.717) is 37.6 Å². The molecule has 0 saturated heterocycles. The van der Waals surface area contributed by atoms with Crippen molar-refractivity contribution in [2.45, 2.75) is 36.8 Å². The van der Waals surface area contributed by atoms with Crippen LogP contribution in [0.25, 0.3) is 0 Å². The second-order valence-electron chi connectivity index (χ2n) is 6.92. The molecule has 0 bridgehead atoms. The molecule has 28 heavy (non-hydrogen) atoms. The van der Waals surface area contributed by atoms with E-state index >= 15 is 0 Å². The highest BCUT2D eigenvalue weighted by molar-refractivity contribution is 7.92. The predicted molar refractivity (Wildman–Crippen MR) is 97.7 cm³/mol. The Balaban J connectivity index is 1.69. The number of hydrogen-bond donors (Lipinski definition) is 1.